The van der Waals surface area contributed by atoms with Gasteiger partial charge < -0.3 is 18.5 Å². The predicted molar refractivity (Wildman–Crippen MR) is 125 cm³/mol. The van der Waals surface area contributed by atoms with E-state index < -0.39 is 0 Å². The maximum Gasteiger partial charge on any atom is 0.262 e. The molecule has 7 nitrogen and oxygen atoms in total. The molecule has 0 saturated carbocycles. The first-order valence-electron chi connectivity index (χ1n) is 10.6. The summed E-state index contributed by atoms with van der Waals surface area (Å²) in [6.07, 6.45) is 1.62. The predicted octanol–water partition coefficient (Wildman–Crippen LogP) is 4.13. The van der Waals surface area contributed by atoms with Crippen molar-refractivity contribution < 1.29 is 18.7 Å². The van der Waals surface area contributed by atoms with Gasteiger partial charge in [-0.2, -0.15) is 0 Å². The SMILES string of the molecule is COc1ccc2c3c(n(C[C@@H](c4ccco4)N(C)C)c(=O)c2c1OC)-c1ccccc1C3=O. The van der Waals surface area contributed by atoms with E-state index in [1.165, 1.54) is 14.2 Å². The molecule has 2 heterocycles. The molecule has 7 heteroatoms. The van der Waals surface area contributed by atoms with Crippen LogP contribution in [0, 0.1) is 0 Å². The number of ether oxygens (including phenoxy) is 2. The fraction of sp³-hybridized carbons (Fsp3) is 0.231. The van der Waals surface area contributed by atoms with Crippen LogP contribution in [0.1, 0.15) is 27.7 Å². The van der Waals surface area contributed by atoms with Crippen molar-refractivity contribution in [3.8, 4) is 22.8 Å². The molecule has 1 aliphatic rings. The Labute approximate surface area is 190 Å². The maximum absolute atomic E-state index is 14.0. The molecule has 1 aliphatic carbocycles. The van der Waals surface area contributed by atoms with E-state index in [4.69, 9.17) is 13.9 Å². The summed E-state index contributed by atoms with van der Waals surface area (Å²) >= 11 is 0. The largest absolute Gasteiger partial charge is 0.493 e. The highest BCUT2D eigenvalue weighted by molar-refractivity contribution is 6.27. The highest BCUT2D eigenvalue weighted by Gasteiger charge is 2.35. The summed E-state index contributed by atoms with van der Waals surface area (Å²) < 4.78 is 18.4. The fourth-order valence-corrected chi connectivity index (χ4v) is 4.71. The first-order valence-corrected chi connectivity index (χ1v) is 10.6. The number of likely N-dealkylation sites (N-methyl/N-ethyl adjacent to an activating group) is 1. The first-order chi connectivity index (χ1) is 16.0. The van der Waals surface area contributed by atoms with E-state index in [1.807, 2.05) is 49.3 Å². The minimum absolute atomic E-state index is 0.106. The van der Waals surface area contributed by atoms with Crippen LogP contribution in [0.5, 0.6) is 11.5 Å². The van der Waals surface area contributed by atoms with Gasteiger partial charge in [0.05, 0.1) is 43.2 Å². The Balaban J connectivity index is 1.88. The van der Waals surface area contributed by atoms with Crippen molar-refractivity contribution >= 4 is 16.6 Å². The lowest BCUT2D eigenvalue weighted by Gasteiger charge is -2.25. The van der Waals surface area contributed by atoms with Crippen LogP contribution in [0.15, 0.2) is 64.0 Å². The van der Waals surface area contributed by atoms with E-state index in [0.717, 1.165) is 11.3 Å². The topological polar surface area (TPSA) is 73.9 Å². The minimum Gasteiger partial charge on any atom is -0.493 e. The first kappa shape index (κ1) is 21.0. The van der Waals surface area contributed by atoms with Crippen molar-refractivity contribution in [2.24, 2.45) is 0 Å². The third kappa shape index (κ3) is 3.08. The summed E-state index contributed by atoms with van der Waals surface area (Å²) in [7, 11) is 6.89. The van der Waals surface area contributed by atoms with Crippen LogP contribution >= 0.6 is 0 Å². The Bertz CT molecular complexity index is 1430. The zero-order valence-electron chi connectivity index (χ0n) is 18.9. The Hall–Kier alpha value is -3.84. The van der Waals surface area contributed by atoms with Gasteiger partial charge in [-0.15, -0.1) is 0 Å². The lowest BCUT2D eigenvalue weighted by atomic mass is 10.0. The average Bonchev–Trinajstić information content (AvgIpc) is 3.45. The number of hydrogen-bond donors (Lipinski definition) is 0. The van der Waals surface area contributed by atoms with E-state index in [9.17, 15) is 9.59 Å². The molecule has 4 aromatic rings. The van der Waals surface area contributed by atoms with Crippen molar-refractivity contribution in [3.05, 3.63) is 82.0 Å². The van der Waals surface area contributed by atoms with Gasteiger partial charge in [-0.25, -0.2) is 0 Å². The standard InChI is InChI=1S/C26H24N2O5/c1-27(2)18(19-10-7-13-33-19)14-28-23-15-8-5-6-9-16(15)24(29)21(23)17-11-12-20(31-3)25(32-4)22(17)26(28)30/h5-13,18H,14H2,1-4H3/t18-/m0/s1. The number of fused-ring (bicyclic) bond motifs is 5. The summed E-state index contributed by atoms with van der Waals surface area (Å²) in [6.45, 7) is 0.291. The van der Waals surface area contributed by atoms with Crippen LogP contribution < -0.4 is 15.0 Å². The van der Waals surface area contributed by atoms with Gasteiger partial charge >= 0.3 is 0 Å². The van der Waals surface area contributed by atoms with Gasteiger partial charge in [0.2, 0.25) is 0 Å². The number of furan rings is 1. The van der Waals surface area contributed by atoms with Crippen molar-refractivity contribution in [1.82, 2.24) is 9.47 Å². The van der Waals surface area contributed by atoms with E-state index in [2.05, 4.69) is 0 Å². The molecule has 0 radical (unpaired) electrons. The maximum atomic E-state index is 14.0. The molecule has 33 heavy (non-hydrogen) atoms. The quantitative estimate of drug-likeness (QED) is 0.392. The Morgan fingerprint density at radius 3 is 2.36 bits per heavy atom. The second kappa shape index (κ2) is 7.94. The average molecular weight is 444 g/mol. The Morgan fingerprint density at radius 2 is 1.73 bits per heavy atom. The Kier molecular flexibility index (Phi) is 5.06. The number of pyridine rings is 1. The van der Waals surface area contributed by atoms with E-state index in [1.54, 1.807) is 29.0 Å². The van der Waals surface area contributed by atoms with Gasteiger partial charge in [-0.3, -0.25) is 14.5 Å². The smallest absolute Gasteiger partial charge is 0.262 e. The monoisotopic (exact) mass is 444 g/mol. The highest BCUT2D eigenvalue weighted by Crippen LogP contribution is 2.43. The number of methoxy groups -OCH3 is 2. The third-order valence-corrected chi connectivity index (χ3v) is 6.29. The van der Waals surface area contributed by atoms with E-state index in [-0.39, 0.29) is 17.4 Å². The van der Waals surface area contributed by atoms with Crippen LogP contribution in [0.4, 0.5) is 0 Å². The minimum atomic E-state index is -0.248. The number of carbonyl (C=O) groups excluding carboxylic acids is 1. The molecule has 0 bridgehead atoms. The molecule has 0 fully saturated rings. The van der Waals surface area contributed by atoms with Gasteiger partial charge in [0.25, 0.3) is 5.56 Å². The van der Waals surface area contributed by atoms with Gasteiger partial charge in [0, 0.05) is 23.1 Å². The van der Waals surface area contributed by atoms with Crippen molar-refractivity contribution in [2.75, 3.05) is 28.3 Å². The van der Waals surface area contributed by atoms with Crippen LogP contribution in [0.25, 0.3) is 22.0 Å². The second-order valence-electron chi connectivity index (χ2n) is 8.23. The van der Waals surface area contributed by atoms with Gasteiger partial charge in [-0.05, 0) is 38.4 Å². The van der Waals surface area contributed by atoms with Crippen molar-refractivity contribution in [3.63, 3.8) is 0 Å². The molecule has 0 amide bonds. The lowest BCUT2D eigenvalue weighted by Crippen LogP contribution is -2.31. The van der Waals surface area contributed by atoms with Crippen LogP contribution in [0.3, 0.4) is 0 Å². The van der Waals surface area contributed by atoms with Crippen molar-refractivity contribution in [2.45, 2.75) is 12.6 Å². The molecule has 0 saturated heterocycles. The van der Waals surface area contributed by atoms with Crippen LogP contribution in [-0.4, -0.2) is 43.6 Å². The number of aromatic nitrogens is 1. The molecule has 0 aliphatic heterocycles. The number of rotatable bonds is 6. The second-order valence-corrected chi connectivity index (χ2v) is 8.23. The molecule has 168 valence electrons. The molecule has 0 unspecified atom stereocenters. The van der Waals surface area contributed by atoms with E-state index in [0.29, 0.717) is 45.6 Å². The zero-order chi connectivity index (χ0) is 23.3. The van der Waals surface area contributed by atoms with Crippen LogP contribution in [0.2, 0.25) is 0 Å². The van der Waals surface area contributed by atoms with E-state index >= 15 is 0 Å². The summed E-state index contributed by atoms with van der Waals surface area (Å²) in [5.41, 5.74) is 2.22. The summed E-state index contributed by atoms with van der Waals surface area (Å²) in [4.78, 5) is 29.6. The molecule has 0 spiro atoms. The summed E-state index contributed by atoms with van der Waals surface area (Å²) in [5.74, 6) is 1.38. The highest BCUT2D eigenvalue weighted by atomic mass is 16.5. The number of ketones is 1. The van der Waals surface area contributed by atoms with Gasteiger partial charge in [0.1, 0.15) is 5.76 Å². The Morgan fingerprint density at radius 1 is 0.970 bits per heavy atom. The lowest BCUT2D eigenvalue weighted by molar-refractivity contribution is 0.104. The summed E-state index contributed by atoms with van der Waals surface area (Å²) in [5, 5.41) is 0.887. The number of carbonyl (C=O) groups is 1. The molecular weight excluding hydrogens is 420 g/mol. The molecule has 1 atom stereocenters. The number of nitrogens with zero attached hydrogens (tertiary/aromatic N) is 2. The molecule has 5 rings (SSSR count). The van der Waals surface area contributed by atoms with Crippen molar-refractivity contribution in [1.29, 1.82) is 0 Å². The molecule has 2 aromatic carbocycles. The molecule has 2 aromatic heterocycles. The fourth-order valence-electron chi connectivity index (χ4n) is 4.71. The molecular formula is C26H24N2O5. The normalized spacial score (nSPS) is 13.3. The third-order valence-electron chi connectivity index (χ3n) is 6.29. The van der Waals surface area contributed by atoms with Gasteiger partial charge in [0.15, 0.2) is 17.3 Å². The number of hydrogen-bond acceptors (Lipinski definition) is 6. The van der Waals surface area contributed by atoms with Crippen LogP contribution in [-0.2, 0) is 6.54 Å². The van der Waals surface area contributed by atoms with Gasteiger partial charge in [-0.1, -0.05) is 24.3 Å². The molecule has 0 N–H and O–H groups in total. The number of benzene rings is 2. The zero-order valence-corrected chi connectivity index (χ0v) is 18.9. The summed E-state index contributed by atoms with van der Waals surface area (Å²) in [6, 6.07) is 14.4.